The summed E-state index contributed by atoms with van der Waals surface area (Å²) in [6.07, 6.45) is -0.692. The highest BCUT2D eigenvalue weighted by Gasteiger charge is 2.22. The minimum absolute atomic E-state index is 0.128. The van der Waals surface area contributed by atoms with Gasteiger partial charge in [0.25, 0.3) is 5.91 Å². The van der Waals surface area contributed by atoms with Gasteiger partial charge in [0.1, 0.15) is 11.6 Å². The summed E-state index contributed by atoms with van der Waals surface area (Å²) in [5.41, 5.74) is 0. The van der Waals surface area contributed by atoms with Gasteiger partial charge in [-0.15, -0.1) is 11.3 Å². The molecule has 3 nitrogen and oxygen atoms in total. The molecule has 1 aromatic heterocycles. The fourth-order valence-corrected chi connectivity index (χ4v) is 2.94. The lowest BCUT2D eigenvalue weighted by Gasteiger charge is -2.24. The molecular formula is C16H17ClFNO2S. The molecule has 22 heavy (non-hydrogen) atoms. The van der Waals surface area contributed by atoms with Crippen LogP contribution in [0.2, 0.25) is 5.02 Å². The van der Waals surface area contributed by atoms with Crippen molar-refractivity contribution in [3.8, 4) is 5.75 Å². The molecule has 0 saturated heterocycles. The van der Waals surface area contributed by atoms with Crippen LogP contribution < -0.4 is 4.74 Å². The molecule has 0 aliphatic carbocycles. The highest BCUT2D eigenvalue weighted by molar-refractivity contribution is 7.09. The standard InChI is InChI=1S/C16H17ClFNO2S/c1-3-19(10-13-5-4-8-22-13)16(20)11(2)21-15-7-6-12(18)9-14(15)17/h4-9,11H,3,10H2,1-2H3. The van der Waals surface area contributed by atoms with Gasteiger partial charge in [0.2, 0.25) is 0 Å². The average molecular weight is 342 g/mol. The molecule has 1 heterocycles. The van der Waals surface area contributed by atoms with E-state index >= 15 is 0 Å². The van der Waals surface area contributed by atoms with Gasteiger partial charge in [-0.25, -0.2) is 4.39 Å². The Kier molecular flexibility index (Phi) is 5.80. The third kappa shape index (κ3) is 4.21. The monoisotopic (exact) mass is 341 g/mol. The Labute approximate surface area is 138 Å². The van der Waals surface area contributed by atoms with Crippen LogP contribution in [0.15, 0.2) is 35.7 Å². The van der Waals surface area contributed by atoms with Crippen LogP contribution in [0.3, 0.4) is 0 Å². The third-order valence-corrected chi connectivity index (χ3v) is 4.32. The predicted molar refractivity (Wildman–Crippen MR) is 86.9 cm³/mol. The van der Waals surface area contributed by atoms with Gasteiger partial charge in [0, 0.05) is 11.4 Å². The summed E-state index contributed by atoms with van der Waals surface area (Å²) >= 11 is 7.52. The molecular weight excluding hydrogens is 325 g/mol. The van der Waals surface area contributed by atoms with E-state index in [1.807, 2.05) is 24.4 Å². The van der Waals surface area contributed by atoms with Crippen molar-refractivity contribution in [1.29, 1.82) is 0 Å². The van der Waals surface area contributed by atoms with Gasteiger partial charge < -0.3 is 9.64 Å². The molecule has 2 aromatic rings. The minimum Gasteiger partial charge on any atom is -0.479 e. The highest BCUT2D eigenvalue weighted by atomic mass is 35.5. The van der Waals surface area contributed by atoms with Crippen molar-refractivity contribution in [2.24, 2.45) is 0 Å². The molecule has 1 amide bonds. The number of hydrogen-bond donors (Lipinski definition) is 0. The third-order valence-electron chi connectivity index (χ3n) is 3.17. The number of halogens is 2. The second kappa shape index (κ2) is 7.61. The van der Waals surface area contributed by atoms with Crippen LogP contribution in [0.5, 0.6) is 5.75 Å². The smallest absolute Gasteiger partial charge is 0.263 e. The first-order valence-electron chi connectivity index (χ1n) is 6.94. The second-order valence-electron chi connectivity index (χ2n) is 4.77. The zero-order chi connectivity index (χ0) is 16.1. The van der Waals surface area contributed by atoms with E-state index in [1.54, 1.807) is 23.2 Å². The molecule has 0 saturated carbocycles. The first-order valence-corrected chi connectivity index (χ1v) is 8.20. The van der Waals surface area contributed by atoms with Crippen LogP contribution in [0.25, 0.3) is 0 Å². The lowest BCUT2D eigenvalue weighted by atomic mass is 10.3. The molecule has 1 aromatic carbocycles. The number of carbonyl (C=O) groups is 1. The summed E-state index contributed by atoms with van der Waals surface area (Å²) < 4.78 is 18.6. The molecule has 118 valence electrons. The van der Waals surface area contributed by atoms with Crippen molar-refractivity contribution < 1.29 is 13.9 Å². The molecule has 0 aliphatic heterocycles. The normalized spacial score (nSPS) is 12.0. The van der Waals surface area contributed by atoms with Gasteiger partial charge in [0.15, 0.2) is 6.10 Å². The second-order valence-corrected chi connectivity index (χ2v) is 6.21. The maximum absolute atomic E-state index is 13.0. The number of likely N-dealkylation sites (N-methyl/N-ethyl adjacent to an activating group) is 1. The highest BCUT2D eigenvalue weighted by Crippen LogP contribution is 2.26. The van der Waals surface area contributed by atoms with Crippen molar-refractivity contribution in [3.05, 3.63) is 51.4 Å². The lowest BCUT2D eigenvalue weighted by Crippen LogP contribution is -2.39. The van der Waals surface area contributed by atoms with Gasteiger partial charge in [0.05, 0.1) is 11.6 Å². The molecule has 1 atom stereocenters. The van der Waals surface area contributed by atoms with Crippen molar-refractivity contribution in [1.82, 2.24) is 4.90 Å². The van der Waals surface area contributed by atoms with Crippen LogP contribution in [0.4, 0.5) is 4.39 Å². The summed E-state index contributed by atoms with van der Waals surface area (Å²) in [6.45, 7) is 4.72. The van der Waals surface area contributed by atoms with Gasteiger partial charge >= 0.3 is 0 Å². The topological polar surface area (TPSA) is 29.5 Å². The molecule has 0 fully saturated rings. The van der Waals surface area contributed by atoms with Gasteiger partial charge in [-0.1, -0.05) is 17.7 Å². The summed E-state index contributed by atoms with van der Waals surface area (Å²) in [6, 6.07) is 7.79. The van der Waals surface area contributed by atoms with Crippen LogP contribution in [-0.2, 0) is 11.3 Å². The Morgan fingerprint density at radius 2 is 2.23 bits per heavy atom. The van der Waals surface area contributed by atoms with Gasteiger partial charge in [-0.3, -0.25) is 4.79 Å². The number of nitrogens with zero attached hydrogens (tertiary/aromatic N) is 1. The van der Waals surface area contributed by atoms with E-state index in [4.69, 9.17) is 16.3 Å². The fourth-order valence-electron chi connectivity index (χ4n) is 2.00. The van der Waals surface area contributed by atoms with Crippen molar-refractivity contribution in [2.45, 2.75) is 26.5 Å². The zero-order valence-corrected chi connectivity index (χ0v) is 14.0. The summed E-state index contributed by atoms with van der Waals surface area (Å²) in [7, 11) is 0. The van der Waals surface area contributed by atoms with E-state index in [1.165, 1.54) is 12.1 Å². The van der Waals surface area contributed by atoms with Crippen molar-refractivity contribution in [2.75, 3.05) is 6.54 Å². The van der Waals surface area contributed by atoms with Crippen LogP contribution >= 0.6 is 22.9 Å². The fraction of sp³-hybridized carbons (Fsp3) is 0.312. The van der Waals surface area contributed by atoms with E-state index in [2.05, 4.69) is 0 Å². The van der Waals surface area contributed by atoms with Crippen LogP contribution in [0.1, 0.15) is 18.7 Å². The Morgan fingerprint density at radius 1 is 1.45 bits per heavy atom. The molecule has 0 spiro atoms. The predicted octanol–water partition coefficient (Wildman–Crippen LogP) is 4.36. The van der Waals surface area contributed by atoms with Crippen molar-refractivity contribution >= 4 is 28.8 Å². The number of thiophene rings is 1. The molecule has 0 N–H and O–H groups in total. The largest absolute Gasteiger partial charge is 0.479 e. The Hall–Kier alpha value is -1.59. The number of rotatable bonds is 6. The summed E-state index contributed by atoms with van der Waals surface area (Å²) in [5, 5.41) is 2.13. The van der Waals surface area contributed by atoms with Crippen LogP contribution in [-0.4, -0.2) is 23.5 Å². The van der Waals surface area contributed by atoms with E-state index < -0.39 is 11.9 Å². The van der Waals surface area contributed by atoms with E-state index in [-0.39, 0.29) is 10.9 Å². The number of ether oxygens (including phenoxy) is 1. The number of hydrogen-bond acceptors (Lipinski definition) is 3. The maximum atomic E-state index is 13.0. The SMILES string of the molecule is CCN(Cc1cccs1)C(=O)C(C)Oc1ccc(F)cc1Cl. The number of carbonyl (C=O) groups excluding carboxylic acids is 1. The van der Waals surface area contributed by atoms with Crippen LogP contribution in [0, 0.1) is 5.82 Å². The quantitative estimate of drug-likeness (QED) is 0.781. The maximum Gasteiger partial charge on any atom is 0.263 e. The number of amides is 1. The van der Waals surface area contributed by atoms with E-state index in [0.717, 1.165) is 10.9 Å². The first kappa shape index (κ1) is 16.8. The molecule has 6 heteroatoms. The summed E-state index contributed by atoms with van der Waals surface area (Å²) in [5.74, 6) is -0.267. The molecule has 1 unspecified atom stereocenters. The van der Waals surface area contributed by atoms with Crippen molar-refractivity contribution in [3.63, 3.8) is 0 Å². The average Bonchev–Trinajstić information content (AvgIpc) is 3.00. The molecule has 0 aliphatic rings. The van der Waals surface area contributed by atoms with E-state index in [9.17, 15) is 9.18 Å². The summed E-state index contributed by atoms with van der Waals surface area (Å²) in [4.78, 5) is 15.3. The Balaban J connectivity index is 2.03. The minimum atomic E-state index is -0.692. The molecule has 0 radical (unpaired) electrons. The Bertz CT molecular complexity index is 633. The zero-order valence-electron chi connectivity index (χ0n) is 12.4. The number of benzene rings is 1. The molecule has 0 bridgehead atoms. The van der Waals surface area contributed by atoms with E-state index in [0.29, 0.717) is 18.8 Å². The Morgan fingerprint density at radius 3 is 2.82 bits per heavy atom. The lowest BCUT2D eigenvalue weighted by molar-refractivity contribution is -0.138. The van der Waals surface area contributed by atoms with Gasteiger partial charge in [-0.05, 0) is 43.5 Å². The first-order chi connectivity index (χ1) is 10.5. The van der Waals surface area contributed by atoms with Gasteiger partial charge in [-0.2, -0.15) is 0 Å². The molecule has 2 rings (SSSR count).